The topological polar surface area (TPSA) is 108 Å². The van der Waals surface area contributed by atoms with Gasteiger partial charge in [0.2, 0.25) is 15.9 Å². The van der Waals surface area contributed by atoms with Gasteiger partial charge in [-0.3, -0.25) is 14.4 Å². The van der Waals surface area contributed by atoms with Gasteiger partial charge in [-0.25, -0.2) is 17.1 Å². The summed E-state index contributed by atoms with van der Waals surface area (Å²) >= 11 is 0. The van der Waals surface area contributed by atoms with E-state index in [1.54, 1.807) is 4.90 Å². The summed E-state index contributed by atoms with van der Waals surface area (Å²) in [6, 6.07) is 4.58. The largest absolute Gasteiger partial charge is 0.378 e. The molecule has 1 aromatic carbocycles. The van der Waals surface area contributed by atoms with Crippen LogP contribution in [0.25, 0.3) is 0 Å². The van der Waals surface area contributed by atoms with Gasteiger partial charge in [-0.05, 0) is 30.7 Å². The summed E-state index contributed by atoms with van der Waals surface area (Å²) < 4.78 is 44.4. The van der Waals surface area contributed by atoms with Crippen LogP contribution in [0.2, 0.25) is 0 Å². The average molecular weight is 485 g/mol. The molecule has 0 N–H and O–H groups in total. The molecule has 0 spiro atoms. The van der Waals surface area contributed by atoms with E-state index in [9.17, 15) is 27.2 Å². The number of amides is 3. The van der Waals surface area contributed by atoms with Gasteiger partial charge in [0.1, 0.15) is 5.82 Å². The number of carbonyl (C=O) groups excluding carboxylic acids is 3. The van der Waals surface area contributed by atoms with Gasteiger partial charge in [0, 0.05) is 59.3 Å². The molecular weight excluding hydrogens is 455 g/mol. The number of nitrogens with zero attached hydrogens (tertiary/aromatic N) is 4. The summed E-state index contributed by atoms with van der Waals surface area (Å²) in [5.74, 6) is -1.75. The first kappa shape index (κ1) is 25.1. The lowest BCUT2D eigenvalue weighted by molar-refractivity contribution is -0.155. The summed E-state index contributed by atoms with van der Waals surface area (Å²) in [5.41, 5.74) is 0. The highest BCUT2D eigenvalue weighted by Crippen LogP contribution is 2.16. The van der Waals surface area contributed by atoms with Crippen LogP contribution in [-0.2, 0) is 29.1 Å². The van der Waals surface area contributed by atoms with Crippen molar-refractivity contribution in [1.82, 2.24) is 19.0 Å². The lowest BCUT2D eigenvalue weighted by Gasteiger charge is -2.36. The zero-order valence-corrected chi connectivity index (χ0v) is 19.4. The molecule has 2 aliphatic rings. The van der Waals surface area contributed by atoms with Gasteiger partial charge in [0.15, 0.2) is 0 Å². The Morgan fingerprint density at radius 3 is 2.00 bits per heavy atom. The highest BCUT2D eigenvalue weighted by Gasteiger charge is 2.31. The zero-order valence-electron chi connectivity index (χ0n) is 18.6. The van der Waals surface area contributed by atoms with Crippen LogP contribution >= 0.6 is 0 Å². The van der Waals surface area contributed by atoms with Gasteiger partial charge in [0.05, 0.1) is 18.1 Å². The van der Waals surface area contributed by atoms with E-state index >= 15 is 0 Å². The first-order chi connectivity index (χ1) is 15.7. The van der Waals surface area contributed by atoms with Crippen LogP contribution in [0.4, 0.5) is 4.39 Å². The Morgan fingerprint density at radius 2 is 1.42 bits per heavy atom. The number of benzene rings is 1. The van der Waals surface area contributed by atoms with Crippen LogP contribution < -0.4 is 0 Å². The maximum atomic E-state index is 13.0. The second-order valence-electron chi connectivity index (χ2n) is 7.96. The van der Waals surface area contributed by atoms with Crippen LogP contribution in [0.5, 0.6) is 0 Å². The first-order valence-corrected chi connectivity index (χ1v) is 12.3. The average Bonchev–Trinajstić information content (AvgIpc) is 2.83. The van der Waals surface area contributed by atoms with Crippen molar-refractivity contribution in [3.63, 3.8) is 0 Å². The van der Waals surface area contributed by atoms with Crippen LogP contribution in [-0.4, -0.2) is 111 Å². The molecule has 182 valence electrons. The molecule has 10 nitrogen and oxygen atoms in total. The molecule has 2 aliphatic heterocycles. The van der Waals surface area contributed by atoms with Crippen LogP contribution in [0.1, 0.15) is 12.8 Å². The highest BCUT2D eigenvalue weighted by atomic mass is 32.2. The van der Waals surface area contributed by atoms with E-state index in [0.29, 0.717) is 45.8 Å². The van der Waals surface area contributed by atoms with E-state index in [-0.39, 0.29) is 36.9 Å². The fourth-order valence-corrected chi connectivity index (χ4v) is 4.92. The van der Waals surface area contributed by atoms with Crippen molar-refractivity contribution < 1.29 is 31.9 Å². The SMILES string of the molecule is CN(CCCC(=O)N1CCN(C(=O)C(=O)N2CCOCC2)CC1)S(=O)(=O)c1ccc(F)cc1. The molecule has 0 bridgehead atoms. The molecule has 0 unspecified atom stereocenters. The van der Waals surface area contributed by atoms with Gasteiger partial charge in [-0.2, -0.15) is 0 Å². The number of carbonyl (C=O) groups is 3. The van der Waals surface area contributed by atoms with Crippen molar-refractivity contribution in [3.8, 4) is 0 Å². The third-order valence-corrected chi connectivity index (χ3v) is 7.66. The molecule has 12 heteroatoms. The second kappa shape index (κ2) is 11.0. The molecule has 33 heavy (non-hydrogen) atoms. The summed E-state index contributed by atoms with van der Waals surface area (Å²) in [6.45, 7) is 2.97. The van der Waals surface area contributed by atoms with Gasteiger partial charge < -0.3 is 19.4 Å². The highest BCUT2D eigenvalue weighted by molar-refractivity contribution is 7.89. The van der Waals surface area contributed by atoms with E-state index in [2.05, 4.69) is 0 Å². The van der Waals surface area contributed by atoms with Crippen molar-refractivity contribution in [2.45, 2.75) is 17.7 Å². The molecule has 1 aromatic rings. The fraction of sp³-hybridized carbons (Fsp3) is 0.571. The van der Waals surface area contributed by atoms with E-state index in [0.717, 1.165) is 16.4 Å². The number of hydrogen-bond donors (Lipinski definition) is 0. The molecule has 2 heterocycles. The minimum absolute atomic E-state index is 0.00913. The number of ether oxygens (including phenoxy) is 1. The van der Waals surface area contributed by atoms with Crippen LogP contribution in [0, 0.1) is 5.82 Å². The van der Waals surface area contributed by atoms with Crippen molar-refractivity contribution in [3.05, 3.63) is 30.1 Å². The molecule has 0 saturated carbocycles. The monoisotopic (exact) mass is 484 g/mol. The smallest absolute Gasteiger partial charge is 0.312 e. The number of halogens is 1. The Morgan fingerprint density at radius 1 is 0.909 bits per heavy atom. The van der Waals surface area contributed by atoms with Crippen molar-refractivity contribution in [2.24, 2.45) is 0 Å². The predicted octanol–water partition coefficient (Wildman–Crippen LogP) is -0.244. The molecular formula is C21H29FN4O6S. The molecule has 2 fully saturated rings. The quantitative estimate of drug-likeness (QED) is 0.516. The molecule has 0 aromatic heterocycles. The van der Waals surface area contributed by atoms with Gasteiger partial charge in [-0.15, -0.1) is 0 Å². The number of morpholine rings is 1. The Kier molecular flexibility index (Phi) is 8.38. The number of rotatable bonds is 6. The number of piperazine rings is 1. The minimum atomic E-state index is -3.76. The Balaban J connectivity index is 1.41. The first-order valence-electron chi connectivity index (χ1n) is 10.9. The van der Waals surface area contributed by atoms with Crippen molar-refractivity contribution in [2.75, 3.05) is 66.1 Å². The number of sulfonamides is 1. The van der Waals surface area contributed by atoms with Crippen molar-refractivity contribution in [1.29, 1.82) is 0 Å². The van der Waals surface area contributed by atoms with E-state index in [4.69, 9.17) is 4.74 Å². The molecule has 0 atom stereocenters. The van der Waals surface area contributed by atoms with Crippen molar-refractivity contribution >= 4 is 27.7 Å². The predicted molar refractivity (Wildman–Crippen MR) is 116 cm³/mol. The summed E-state index contributed by atoms with van der Waals surface area (Å²) in [6.07, 6.45) is 0.481. The lowest BCUT2D eigenvalue weighted by Crippen LogP contribution is -2.55. The van der Waals surface area contributed by atoms with Crippen LogP contribution in [0.15, 0.2) is 29.2 Å². The van der Waals surface area contributed by atoms with E-state index < -0.39 is 27.7 Å². The lowest BCUT2D eigenvalue weighted by atomic mass is 10.2. The maximum absolute atomic E-state index is 13.0. The third kappa shape index (κ3) is 6.27. The number of hydrogen-bond acceptors (Lipinski definition) is 6. The van der Waals surface area contributed by atoms with Gasteiger partial charge >= 0.3 is 11.8 Å². The normalized spacial score (nSPS) is 17.4. The molecule has 0 aliphatic carbocycles. The van der Waals surface area contributed by atoms with E-state index in [1.165, 1.54) is 29.0 Å². The molecule has 0 radical (unpaired) electrons. The molecule has 2 saturated heterocycles. The second-order valence-corrected chi connectivity index (χ2v) is 10.0. The van der Waals surface area contributed by atoms with Crippen LogP contribution in [0.3, 0.4) is 0 Å². The summed E-state index contributed by atoms with van der Waals surface area (Å²) in [5, 5.41) is 0. The molecule has 3 rings (SSSR count). The van der Waals surface area contributed by atoms with E-state index in [1.807, 2.05) is 0 Å². The standard InChI is InChI=1S/C21H29FN4O6S/c1-23(33(30,31)18-6-4-17(22)5-7-18)8-2-3-19(27)24-9-11-25(12-10-24)20(28)21(29)26-13-15-32-16-14-26/h4-7H,2-3,8-16H2,1H3. The Bertz CT molecular complexity index is 957. The molecule has 3 amide bonds. The summed E-state index contributed by atoms with van der Waals surface area (Å²) in [7, 11) is -2.34. The van der Waals surface area contributed by atoms with Gasteiger partial charge in [-0.1, -0.05) is 0 Å². The Labute approximate surface area is 192 Å². The Hall–Kier alpha value is -2.57. The fourth-order valence-electron chi connectivity index (χ4n) is 3.71. The van der Waals surface area contributed by atoms with Gasteiger partial charge in [0.25, 0.3) is 0 Å². The minimum Gasteiger partial charge on any atom is -0.378 e. The summed E-state index contributed by atoms with van der Waals surface area (Å²) in [4.78, 5) is 41.9. The maximum Gasteiger partial charge on any atom is 0.312 e. The zero-order chi connectivity index (χ0) is 24.0. The third-order valence-electron chi connectivity index (χ3n) is 5.79.